The first-order valence-corrected chi connectivity index (χ1v) is 11.0. The van der Waals surface area contributed by atoms with E-state index < -0.39 is 41.8 Å². The number of nitrogens with one attached hydrogen (secondary N) is 1. The van der Waals surface area contributed by atoms with Crippen molar-refractivity contribution in [1.29, 1.82) is 0 Å². The zero-order valence-corrected chi connectivity index (χ0v) is 17.3. The van der Waals surface area contributed by atoms with Crippen LogP contribution in [-0.4, -0.2) is 22.6 Å². The molecule has 148 valence electrons. The van der Waals surface area contributed by atoms with Crippen molar-refractivity contribution in [2.75, 3.05) is 0 Å². The van der Waals surface area contributed by atoms with Crippen LogP contribution in [0.5, 0.6) is 0 Å². The van der Waals surface area contributed by atoms with E-state index in [1.54, 1.807) is 20.8 Å². The van der Waals surface area contributed by atoms with Gasteiger partial charge in [0.1, 0.15) is 6.04 Å². The second kappa shape index (κ2) is 7.95. The van der Waals surface area contributed by atoms with Crippen molar-refractivity contribution in [1.82, 2.24) is 4.72 Å². The van der Waals surface area contributed by atoms with Crippen molar-refractivity contribution in [2.45, 2.75) is 41.7 Å². The summed E-state index contributed by atoms with van der Waals surface area (Å²) in [6.07, 6.45) is 0. The Kier molecular flexibility index (Phi) is 6.46. The molecule has 0 aliphatic heterocycles. The molecule has 0 radical (unpaired) electrons. The molecule has 2 atom stereocenters. The van der Waals surface area contributed by atoms with Gasteiger partial charge in [0.2, 0.25) is 9.84 Å². The zero-order chi connectivity index (χ0) is 20.5. The van der Waals surface area contributed by atoms with Crippen LogP contribution in [0, 0.1) is 0 Å². The summed E-state index contributed by atoms with van der Waals surface area (Å²) >= 11 is 5.81. The lowest BCUT2D eigenvalue weighted by atomic mass is 10.1. The molecule has 4 nitrogen and oxygen atoms in total. The van der Waals surface area contributed by atoms with E-state index in [0.717, 1.165) is 12.1 Å². The minimum absolute atomic E-state index is 0.0403. The molecule has 0 fully saturated rings. The molecule has 0 spiro atoms. The van der Waals surface area contributed by atoms with E-state index in [4.69, 9.17) is 11.6 Å². The Bertz CT molecular complexity index is 912. The SMILES string of the molecule is CC(C)(C)S(=O)NC(c1ccc(Cl)cc1)C(F)(F)S(=O)(=O)c1ccccc1. The van der Waals surface area contributed by atoms with Crippen molar-refractivity contribution in [2.24, 2.45) is 0 Å². The molecule has 1 N–H and O–H groups in total. The highest BCUT2D eigenvalue weighted by atomic mass is 35.5. The zero-order valence-electron chi connectivity index (χ0n) is 14.9. The molecule has 0 aliphatic carbocycles. The van der Waals surface area contributed by atoms with Gasteiger partial charge in [-0.25, -0.2) is 17.3 Å². The Morgan fingerprint density at radius 3 is 2.00 bits per heavy atom. The molecular formula is C18H20ClF2NO3S2. The fourth-order valence-corrected chi connectivity index (χ4v) is 4.57. The van der Waals surface area contributed by atoms with Gasteiger partial charge in [0.05, 0.1) is 20.6 Å². The maximum atomic E-state index is 15.3. The van der Waals surface area contributed by atoms with E-state index in [1.807, 2.05) is 0 Å². The van der Waals surface area contributed by atoms with Crippen LogP contribution in [0.1, 0.15) is 32.4 Å². The summed E-state index contributed by atoms with van der Waals surface area (Å²) in [6, 6.07) is 9.74. The highest BCUT2D eigenvalue weighted by Crippen LogP contribution is 2.41. The Balaban J connectivity index is 2.57. The monoisotopic (exact) mass is 435 g/mol. The Labute approximate surface area is 165 Å². The Morgan fingerprint density at radius 1 is 1.00 bits per heavy atom. The van der Waals surface area contributed by atoms with Gasteiger partial charge in [0.25, 0.3) is 0 Å². The van der Waals surface area contributed by atoms with Gasteiger partial charge in [-0.3, -0.25) is 0 Å². The van der Waals surface area contributed by atoms with Crippen LogP contribution in [0.4, 0.5) is 8.78 Å². The van der Waals surface area contributed by atoms with E-state index in [1.165, 1.54) is 42.5 Å². The van der Waals surface area contributed by atoms with E-state index in [9.17, 15) is 12.6 Å². The Morgan fingerprint density at radius 2 is 1.52 bits per heavy atom. The van der Waals surface area contributed by atoms with Gasteiger partial charge in [-0.05, 0) is 50.6 Å². The van der Waals surface area contributed by atoms with Crippen LogP contribution in [0.25, 0.3) is 0 Å². The van der Waals surface area contributed by atoms with Gasteiger partial charge in [0, 0.05) is 5.02 Å². The molecule has 0 bridgehead atoms. The third kappa shape index (κ3) is 4.74. The largest absolute Gasteiger partial charge is 0.369 e. The summed E-state index contributed by atoms with van der Waals surface area (Å²) in [5, 5.41) is -3.95. The summed E-state index contributed by atoms with van der Waals surface area (Å²) < 4.78 is 69.7. The standard InChI is InChI=1S/C18H20ClF2NO3S2/c1-17(2,3)26(23)22-16(13-9-11-14(19)12-10-13)18(20,21)27(24,25)15-7-5-4-6-8-15/h4-12,16,22H,1-3H3. The van der Waals surface area contributed by atoms with Gasteiger partial charge in [-0.1, -0.05) is 41.9 Å². The number of halogens is 3. The minimum Gasteiger partial charge on any atom is -0.242 e. The molecule has 0 amide bonds. The second-order valence-corrected chi connectivity index (χ2v) is 11.3. The molecule has 2 unspecified atom stereocenters. The van der Waals surface area contributed by atoms with E-state index in [-0.39, 0.29) is 5.56 Å². The van der Waals surface area contributed by atoms with Crippen LogP contribution in [0.2, 0.25) is 5.02 Å². The van der Waals surface area contributed by atoms with Gasteiger partial charge >= 0.3 is 5.25 Å². The molecule has 0 aromatic heterocycles. The highest BCUT2D eigenvalue weighted by molar-refractivity contribution is 7.92. The van der Waals surface area contributed by atoms with Crippen molar-refractivity contribution in [3.63, 3.8) is 0 Å². The van der Waals surface area contributed by atoms with E-state index in [2.05, 4.69) is 4.72 Å². The average molecular weight is 436 g/mol. The molecule has 2 aromatic rings. The number of hydrogen-bond donors (Lipinski definition) is 1. The van der Waals surface area contributed by atoms with Crippen molar-refractivity contribution in [3.05, 3.63) is 65.2 Å². The topological polar surface area (TPSA) is 63.2 Å². The van der Waals surface area contributed by atoms with E-state index in [0.29, 0.717) is 5.02 Å². The van der Waals surface area contributed by atoms with E-state index >= 15 is 8.78 Å². The van der Waals surface area contributed by atoms with Crippen LogP contribution in [0.15, 0.2) is 59.5 Å². The van der Waals surface area contributed by atoms with Gasteiger partial charge in [-0.2, -0.15) is 8.78 Å². The molecular weight excluding hydrogens is 416 g/mol. The average Bonchev–Trinajstić information content (AvgIpc) is 2.60. The Hall–Kier alpha value is -1.35. The molecule has 0 heterocycles. The normalized spacial score (nSPS) is 15.3. The predicted octanol–water partition coefficient (Wildman–Crippen LogP) is 4.50. The number of alkyl halides is 2. The first kappa shape index (κ1) is 21.9. The second-order valence-electron chi connectivity index (χ2n) is 6.86. The summed E-state index contributed by atoms with van der Waals surface area (Å²) in [5.41, 5.74) is -0.0403. The maximum Gasteiger partial charge on any atom is 0.369 e. The number of hydrogen-bond acceptors (Lipinski definition) is 3. The van der Waals surface area contributed by atoms with Crippen LogP contribution < -0.4 is 4.72 Å². The fraction of sp³-hybridized carbons (Fsp3) is 0.333. The predicted molar refractivity (Wildman–Crippen MR) is 104 cm³/mol. The highest BCUT2D eigenvalue weighted by Gasteiger charge is 2.54. The third-order valence-corrected chi connectivity index (χ3v) is 7.39. The van der Waals surface area contributed by atoms with Crippen molar-refractivity contribution < 1.29 is 21.4 Å². The number of rotatable bonds is 6. The smallest absolute Gasteiger partial charge is 0.242 e. The maximum absolute atomic E-state index is 15.3. The minimum atomic E-state index is -5.05. The molecule has 2 aromatic carbocycles. The van der Waals surface area contributed by atoms with Crippen molar-refractivity contribution in [3.8, 4) is 0 Å². The lowest BCUT2D eigenvalue weighted by Crippen LogP contribution is -2.47. The summed E-state index contributed by atoms with van der Waals surface area (Å²) in [4.78, 5) is -0.516. The van der Waals surface area contributed by atoms with Crippen LogP contribution in [0.3, 0.4) is 0 Å². The lowest BCUT2D eigenvalue weighted by molar-refractivity contribution is 0.0559. The summed E-state index contributed by atoms with van der Waals surface area (Å²) in [5.74, 6) is 0. The third-order valence-electron chi connectivity index (χ3n) is 3.73. The number of sulfone groups is 1. The molecule has 0 saturated heterocycles. The summed E-state index contributed by atoms with van der Waals surface area (Å²) in [6.45, 7) is 4.79. The van der Waals surface area contributed by atoms with Crippen molar-refractivity contribution >= 4 is 32.4 Å². The molecule has 9 heteroatoms. The summed E-state index contributed by atoms with van der Waals surface area (Å²) in [7, 11) is -6.99. The molecule has 0 saturated carbocycles. The van der Waals surface area contributed by atoms with Gasteiger partial charge in [-0.15, -0.1) is 0 Å². The molecule has 0 aliphatic rings. The first-order chi connectivity index (χ1) is 12.4. The quantitative estimate of drug-likeness (QED) is 0.726. The molecule has 2 rings (SSSR count). The number of benzene rings is 2. The van der Waals surface area contributed by atoms with Gasteiger partial charge in [0.15, 0.2) is 0 Å². The first-order valence-electron chi connectivity index (χ1n) is 7.98. The van der Waals surface area contributed by atoms with Crippen LogP contribution in [-0.2, 0) is 20.8 Å². The molecule has 27 heavy (non-hydrogen) atoms. The van der Waals surface area contributed by atoms with Crippen LogP contribution >= 0.6 is 11.6 Å². The lowest BCUT2D eigenvalue weighted by Gasteiger charge is -2.30. The van der Waals surface area contributed by atoms with Gasteiger partial charge < -0.3 is 0 Å². The fourth-order valence-electron chi connectivity index (χ4n) is 2.18.